The van der Waals surface area contributed by atoms with E-state index in [1.807, 2.05) is 0 Å². The zero-order valence-corrected chi connectivity index (χ0v) is 15.0. The minimum Gasteiger partial charge on any atom is -0.144 e. The second-order valence-electron chi connectivity index (χ2n) is 4.34. The van der Waals surface area contributed by atoms with Crippen LogP contribution in [0.4, 0.5) is 0 Å². The van der Waals surface area contributed by atoms with E-state index in [1.54, 1.807) is 46.2 Å². The molecule has 0 saturated heterocycles. The van der Waals surface area contributed by atoms with Crippen LogP contribution in [0.25, 0.3) is 12.2 Å². The number of thiophene rings is 2. The van der Waals surface area contributed by atoms with Gasteiger partial charge < -0.3 is 0 Å². The number of rotatable bonds is 6. The summed E-state index contributed by atoms with van der Waals surface area (Å²) >= 11 is 7.02. The Kier molecular flexibility index (Phi) is 6.02. The normalized spacial score (nSPS) is 11.6. The summed E-state index contributed by atoms with van der Waals surface area (Å²) in [5.74, 6) is 0. The minimum absolute atomic E-state index is 1.26. The molecule has 2 aromatic heterocycles. The van der Waals surface area contributed by atoms with Crippen molar-refractivity contribution < 1.29 is 0 Å². The van der Waals surface area contributed by atoms with Crippen molar-refractivity contribution in [3.05, 3.63) is 79.9 Å². The maximum absolute atomic E-state index is 2.17. The third-order valence-electron chi connectivity index (χ3n) is 2.78. The lowest BCUT2D eigenvalue weighted by atomic mass is 10.4. The molecule has 0 saturated carbocycles. The van der Waals surface area contributed by atoms with Crippen LogP contribution in [0, 0.1) is 0 Å². The molecular formula is C18H14S4. The van der Waals surface area contributed by atoms with Crippen molar-refractivity contribution in [1.29, 1.82) is 0 Å². The fourth-order valence-corrected chi connectivity index (χ4v) is 4.47. The Hall–Kier alpha value is -1.20. The first-order valence-electron chi connectivity index (χ1n) is 6.74. The van der Waals surface area contributed by atoms with Crippen molar-refractivity contribution in [2.45, 2.75) is 9.79 Å². The number of benzene rings is 1. The summed E-state index contributed by atoms with van der Waals surface area (Å²) in [6, 6.07) is 17.1. The summed E-state index contributed by atoms with van der Waals surface area (Å²) in [6.45, 7) is 0. The average Bonchev–Trinajstić information content (AvgIpc) is 3.22. The minimum atomic E-state index is 1.26. The molecule has 4 heteroatoms. The van der Waals surface area contributed by atoms with E-state index in [0.717, 1.165) is 0 Å². The molecule has 0 atom stereocenters. The smallest absolute Gasteiger partial charge is 0.0275 e. The lowest BCUT2D eigenvalue weighted by molar-refractivity contribution is 1.36. The molecular weight excluding hydrogens is 344 g/mol. The second-order valence-corrected chi connectivity index (χ2v) is 8.26. The Morgan fingerprint density at radius 1 is 0.636 bits per heavy atom. The monoisotopic (exact) mass is 358 g/mol. The highest BCUT2D eigenvalue weighted by atomic mass is 32.2. The quantitative estimate of drug-likeness (QED) is 0.423. The fourth-order valence-electron chi connectivity index (χ4n) is 1.73. The van der Waals surface area contributed by atoms with Crippen molar-refractivity contribution in [1.82, 2.24) is 0 Å². The Morgan fingerprint density at radius 2 is 1.09 bits per heavy atom. The molecule has 0 radical (unpaired) electrons. The van der Waals surface area contributed by atoms with E-state index < -0.39 is 0 Å². The summed E-state index contributed by atoms with van der Waals surface area (Å²) in [5.41, 5.74) is 0. The molecule has 0 amide bonds. The van der Waals surface area contributed by atoms with Gasteiger partial charge in [0, 0.05) is 19.5 Å². The van der Waals surface area contributed by atoms with Gasteiger partial charge in [-0.2, -0.15) is 0 Å². The number of hydrogen-bond acceptors (Lipinski definition) is 4. The summed E-state index contributed by atoms with van der Waals surface area (Å²) < 4.78 is 0. The van der Waals surface area contributed by atoms with Gasteiger partial charge in [0.1, 0.15) is 0 Å². The Morgan fingerprint density at radius 3 is 1.45 bits per heavy atom. The Balaban J connectivity index is 1.51. The maximum atomic E-state index is 2.17. The highest BCUT2D eigenvalue weighted by Gasteiger charge is 1.94. The van der Waals surface area contributed by atoms with Gasteiger partial charge in [-0.05, 0) is 70.1 Å². The molecule has 3 aromatic rings. The molecule has 22 heavy (non-hydrogen) atoms. The highest BCUT2D eigenvalue weighted by molar-refractivity contribution is 8.02. The van der Waals surface area contributed by atoms with E-state index in [9.17, 15) is 0 Å². The zero-order valence-electron chi connectivity index (χ0n) is 11.7. The topological polar surface area (TPSA) is 0 Å². The highest BCUT2D eigenvalue weighted by Crippen LogP contribution is 2.26. The van der Waals surface area contributed by atoms with Crippen LogP contribution in [-0.4, -0.2) is 0 Å². The molecule has 0 nitrogen and oxygen atoms in total. The SMILES string of the molecule is C(=C\c1cccs1)/Sc1ccc(S/C=C/c2cccs2)cc1. The first kappa shape index (κ1) is 15.7. The first-order chi connectivity index (χ1) is 10.9. The first-order valence-corrected chi connectivity index (χ1v) is 10.3. The largest absolute Gasteiger partial charge is 0.144 e. The van der Waals surface area contributed by atoms with Gasteiger partial charge in [-0.25, -0.2) is 0 Å². The van der Waals surface area contributed by atoms with E-state index in [4.69, 9.17) is 0 Å². The van der Waals surface area contributed by atoms with Crippen molar-refractivity contribution in [3.63, 3.8) is 0 Å². The number of thioether (sulfide) groups is 2. The molecule has 0 aliphatic rings. The summed E-state index contributed by atoms with van der Waals surface area (Å²) in [5, 5.41) is 8.48. The van der Waals surface area contributed by atoms with Crippen LogP contribution >= 0.6 is 46.2 Å². The molecule has 0 fully saturated rings. The average molecular weight is 359 g/mol. The van der Waals surface area contributed by atoms with Crippen LogP contribution < -0.4 is 0 Å². The summed E-state index contributed by atoms with van der Waals surface area (Å²) in [7, 11) is 0. The molecule has 3 rings (SSSR count). The van der Waals surface area contributed by atoms with Crippen molar-refractivity contribution >= 4 is 58.3 Å². The third-order valence-corrected chi connectivity index (χ3v) is 6.09. The Labute approximate surface area is 147 Å². The molecule has 0 N–H and O–H groups in total. The molecule has 0 spiro atoms. The van der Waals surface area contributed by atoms with Crippen LogP contribution in [-0.2, 0) is 0 Å². The lowest BCUT2D eigenvalue weighted by Crippen LogP contribution is -1.70. The van der Waals surface area contributed by atoms with Gasteiger partial charge in [0.05, 0.1) is 0 Å². The molecule has 2 heterocycles. The van der Waals surface area contributed by atoms with Gasteiger partial charge in [0.15, 0.2) is 0 Å². The third kappa shape index (κ3) is 4.92. The number of hydrogen-bond donors (Lipinski definition) is 0. The van der Waals surface area contributed by atoms with E-state index in [1.165, 1.54) is 19.5 Å². The maximum Gasteiger partial charge on any atom is 0.0275 e. The van der Waals surface area contributed by atoms with E-state index in [0.29, 0.717) is 0 Å². The van der Waals surface area contributed by atoms with E-state index in [-0.39, 0.29) is 0 Å². The van der Waals surface area contributed by atoms with Crippen molar-refractivity contribution in [3.8, 4) is 0 Å². The van der Waals surface area contributed by atoms with E-state index >= 15 is 0 Å². The van der Waals surface area contributed by atoms with Gasteiger partial charge in [-0.3, -0.25) is 0 Å². The van der Waals surface area contributed by atoms with Crippen LogP contribution in [0.5, 0.6) is 0 Å². The molecule has 0 aliphatic carbocycles. The standard InChI is InChI=1S/C18H14S4/c1-3-15(19-11-1)9-13-21-17-5-7-18(8-6-17)22-14-10-16-4-2-12-20-16/h1-14H/b13-9+,14-10+. The van der Waals surface area contributed by atoms with Crippen LogP contribution in [0.15, 0.2) is 79.9 Å². The lowest BCUT2D eigenvalue weighted by Gasteiger charge is -1.99. The zero-order chi connectivity index (χ0) is 15.0. The molecule has 110 valence electrons. The molecule has 0 aliphatic heterocycles. The molecule has 0 unspecified atom stereocenters. The van der Waals surface area contributed by atoms with Gasteiger partial charge in [0.25, 0.3) is 0 Å². The van der Waals surface area contributed by atoms with Crippen molar-refractivity contribution in [2.75, 3.05) is 0 Å². The van der Waals surface area contributed by atoms with Crippen LogP contribution in [0.2, 0.25) is 0 Å². The molecule has 0 bridgehead atoms. The summed E-state index contributed by atoms with van der Waals surface area (Å²) in [4.78, 5) is 5.11. The predicted octanol–water partition coefficient (Wildman–Crippen LogP) is 7.34. The summed E-state index contributed by atoms with van der Waals surface area (Å²) in [6.07, 6.45) is 4.31. The Bertz CT molecular complexity index is 655. The van der Waals surface area contributed by atoms with Crippen LogP contribution in [0.3, 0.4) is 0 Å². The molecule has 1 aromatic carbocycles. The van der Waals surface area contributed by atoms with Gasteiger partial charge >= 0.3 is 0 Å². The van der Waals surface area contributed by atoms with Gasteiger partial charge in [-0.15, -0.1) is 22.7 Å². The van der Waals surface area contributed by atoms with E-state index in [2.05, 4.69) is 82.3 Å². The van der Waals surface area contributed by atoms with Gasteiger partial charge in [0.2, 0.25) is 0 Å². The fraction of sp³-hybridized carbons (Fsp3) is 0. The van der Waals surface area contributed by atoms with Gasteiger partial charge in [-0.1, -0.05) is 35.7 Å². The van der Waals surface area contributed by atoms with Crippen molar-refractivity contribution in [2.24, 2.45) is 0 Å². The second kappa shape index (κ2) is 8.44. The van der Waals surface area contributed by atoms with Crippen LogP contribution in [0.1, 0.15) is 9.75 Å². The predicted molar refractivity (Wildman–Crippen MR) is 105 cm³/mol.